The molecule has 281 valence electrons. The number of para-hydroxylation sites is 2. The van der Waals surface area contributed by atoms with E-state index in [2.05, 4.69) is 141 Å². The Morgan fingerprint density at radius 2 is 1.48 bits per heavy atom. The molecule has 0 fully saturated rings. The molecule has 0 spiro atoms. The van der Waals surface area contributed by atoms with E-state index < -0.39 is 8.07 Å². The van der Waals surface area contributed by atoms with Gasteiger partial charge in [0, 0.05) is 36.7 Å². The topological polar surface area (TPSA) is 30.7 Å². The smallest absolute Gasteiger partial charge is 0.123 e. The molecule has 3 nitrogen and oxygen atoms in total. The van der Waals surface area contributed by atoms with Crippen molar-refractivity contribution >= 4 is 55.8 Å². The first-order chi connectivity index (χ1) is 26.5. The van der Waals surface area contributed by atoms with Gasteiger partial charge >= 0.3 is 0 Å². The number of benzene rings is 6. The number of nitrogens with zero attached hydrogens (tertiary/aromatic N) is 3. The van der Waals surface area contributed by atoms with Crippen LogP contribution >= 0.6 is 11.3 Å². The molecule has 0 aliphatic heterocycles. The third kappa shape index (κ3) is 7.82. The molecular formula is C49H42FIrN3SSi-2. The van der Waals surface area contributed by atoms with Gasteiger partial charge in [0.2, 0.25) is 0 Å². The average molecular weight is 944 g/mol. The third-order valence-corrected chi connectivity index (χ3v) is 13.2. The van der Waals surface area contributed by atoms with Gasteiger partial charge in [0.15, 0.2) is 0 Å². The molecular weight excluding hydrogens is 902 g/mol. The van der Waals surface area contributed by atoms with Crippen LogP contribution < -0.4 is 5.19 Å². The van der Waals surface area contributed by atoms with E-state index in [0.717, 1.165) is 60.6 Å². The first-order valence-electron chi connectivity index (χ1n) is 18.6. The van der Waals surface area contributed by atoms with E-state index in [-0.39, 0.29) is 31.3 Å². The van der Waals surface area contributed by atoms with Crippen molar-refractivity contribution in [1.82, 2.24) is 14.5 Å². The van der Waals surface area contributed by atoms with Crippen LogP contribution in [0.2, 0.25) is 19.6 Å². The van der Waals surface area contributed by atoms with Crippen molar-refractivity contribution in [1.29, 1.82) is 0 Å². The van der Waals surface area contributed by atoms with Crippen LogP contribution in [0, 0.1) is 17.9 Å². The Balaban J connectivity index is 0.000000238. The molecule has 7 heteroatoms. The minimum Gasteiger partial charge on any atom is -0.333 e. The summed E-state index contributed by atoms with van der Waals surface area (Å²) in [5.74, 6) is 0.646. The van der Waals surface area contributed by atoms with Gasteiger partial charge in [-0.15, -0.1) is 54.1 Å². The van der Waals surface area contributed by atoms with E-state index in [4.69, 9.17) is 4.98 Å². The maximum Gasteiger partial charge on any atom is 0.123 e. The minimum absolute atomic E-state index is 0. The fourth-order valence-corrected chi connectivity index (χ4v) is 9.20. The molecule has 0 unspecified atom stereocenters. The van der Waals surface area contributed by atoms with E-state index in [1.165, 1.54) is 33.0 Å². The third-order valence-electron chi connectivity index (χ3n) is 10.0. The monoisotopic (exact) mass is 944 g/mol. The molecule has 0 aliphatic rings. The van der Waals surface area contributed by atoms with Gasteiger partial charge in [-0.1, -0.05) is 112 Å². The van der Waals surface area contributed by atoms with Crippen LogP contribution in [-0.4, -0.2) is 22.6 Å². The van der Waals surface area contributed by atoms with Crippen LogP contribution in [0.3, 0.4) is 0 Å². The van der Waals surface area contributed by atoms with Crippen LogP contribution in [0.4, 0.5) is 4.39 Å². The molecule has 0 amide bonds. The van der Waals surface area contributed by atoms with E-state index in [9.17, 15) is 4.39 Å². The maximum absolute atomic E-state index is 13.7. The van der Waals surface area contributed by atoms with Gasteiger partial charge in [-0.25, -0.2) is 4.39 Å². The second-order valence-corrected chi connectivity index (χ2v) is 22.0. The van der Waals surface area contributed by atoms with Crippen molar-refractivity contribution in [2.45, 2.75) is 45.8 Å². The Hall–Kier alpha value is -5.04. The Kier molecular flexibility index (Phi) is 11.1. The summed E-state index contributed by atoms with van der Waals surface area (Å²) in [6.07, 6.45) is 2.02. The molecule has 6 aromatic carbocycles. The number of halogens is 1. The van der Waals surface area contributed by atoms with Crippen LogP contribution in [0.5, 0.6) is 0 Å². The van der Waals surface area contributed by atoms with Gasteiger partial charge in [0.1, 0.15) is 5.82 Å². The zero-order chi connectivity index (χ0) is 38.3. The molecule has 0 atom stereocenters. The van der Waals surface area contributed by atoms with Gasteiger partial charge in [0.25, 0.3) is 0 Å². The van der Waals surface area contributed by atoms with E-state index in [1.807, 2.05) is 54.7 Å². The summed E-state index contributed by atoms with van der Waals surface area (Å²) in [6, 6.07) is 53.3. The number of hydrogen-bond acceptors (Lipinski definition) is 3. The second-order valence-electron chi connectivity index (χ2n) is 15.9. The predicted octanol–water partition coefficient (Wildman–Crippen LogP) is 13.1. The van der Waals surface area contributed by atoms with Crippen LogP contribution in [0.25, 0.3) is 70.7 Å². The number of rotatable bonds is 5. The maximum atomic E-state index is 13.7. The summed E-state index contributed by atoms with van der Waals surface area (Å²) < 4.78 is 18.3. The number of imidazole rings is 1. The van der Waals surface area contributed by atoms with Crippen LogP contribution in [-0.2, 0) is 25.5 Å². The molecule has 0 aliphatic carbocycles. The number of fused-ring (bicyclic) bond motifs is 4. The molecule has 3 aromatic heterocycles. The molecule has 9 rings (SSSR count). The van der Waals surface area contributed by atoms with Crippen LogP contribution in [0.15, 0.2) is 146 Å². The molecule has 3 heterocycles. The number of aromatic nitrogens is 3. The first kappa shape index (κ1) is 39.2. The Morgan fingerprint density at radius 1 is 0.732 bits per heavy atom. The number of hydrogen-bond donors (Lipinski definition) is 0. The second kappa shape index (κ2) is 15.8. The zero-order valence-electron chi connectivity index (χ0n) is 32.3. The Labute approximate surface area is 347 Å². The minimum atomic E-state index is -1.23. The van der Waals surface area contributed by atoms with Crippen molar-refractivity contribution in [2.24, 2.45) is 0 Å². The molecule has 0 saturated carbocycles. The SMILES string of the molecule is CC(C)(C)c1ccc(-n2c(-c3[c-]ccc4c3sc3cccc(-c5ccc(F)cc5)c34)nc3ccccc32)cc1.C[Si](C)(C)c1ccc(-c2[c-]cccc2)nc1.[Ir]. The fraction of sp³-hybridized carbons (Fsp3) is 0.143. The average Bonchev–Trinajstić information content (AvgIpc) is 3.77. The molecule has 9 aromatic rings. The molecule has 0 saturated heterocycles. The Morgan fingerprint density at radius 3 is 2.16 bits per heavy atom. The van der Waals surface area contributed by atoms with Crippen molar-refractivity contribution in [3.05, 3.63) is 169 Å². The molecule has 0 bridgehead atoms. The first-order valence-corrected chi connectivity index (χ1v) is 22.9. The van der Waals surface area contributed by atoms with Gasteiger partial charge in [-0.2, -0.15) is 11.3 Å². The summed E-state index contributed by atoms with van der Waals surface area (Å²) in [5.41, 5.74) is 9.61. The van der Waals surface area contributed by atoms with E-state index in [1.54, 1.807) is 11.3 Å². The van der Waals surface area contributed by atoms with Gasteiger partial charge < -0.3 is 9.55 Å². The number of pyridine rings is 1. The summed E-state index contributed by atoms with van der Waals surface area (Å²) in [4.78, 5) is 9.66. The summed E-state index contributed by atoms with van der Waals surface area (Å²) >= 11 is 1.76. The van der Waals surface area contributed by atoms with Crippen molar-refractivity contribution in [2.75, 3.05) is 0 Å². The normalized spacial score (nSPS) is 11.7. The molecule has 1 radical (unpaired) electrons. The largest absolute Gasteiger partial charge is 0.333 e. The van der Waals surface area contributed by atoms with E-state index in [0.29, 0.717) is 0 Å². The van der Waals surface area contributed by atoms with Crippen LogP contribution in [0.1, 0.15) is 26.3 Å². The molecule has 56 heavy (non-hydrogen) atoms. The predicted molar refractivity (Wildman–Crippen MR) is 234 cm³/mol. The zero-order valence-corrected chi connectivity index (χ0v) is 36.5. The van der Waals surface area contributed by atoms with Gasteiger partial charge in [-0.05, 0) is 85.5 Å². The number of thiophene rings is 1. The van der Waals surface area contributed by atoms with Crippen molar-refractivity contribution in [3.63, 3.8) is 0 Å². The summed E-state index contributed by atoms with van der Waals surface area (Å²) in [5, 5.41) is 3.73. The van der Waals surface area contributed by atoms with Gasteiger partial charge in [0.05, 0.1) is 24.9 Å². The van der Waals surface area contributed by atoms with Crippen molar-refractivity contribution < 1.29 is 24.5 Å². The Bertz CT molecular complexity index is 2760. The van der Waals surface area contributed by atoms with E-state index >= 15 is 0 Å². The summed E-state index contributed by atoms with van der Waals surface area (Å²) in [7, 11) is -1.23. The summed E-state index contributed by atoms with van der Waals surface area (Å²) in [6.45, 7) is 13.7. The fourth-order valence-electron chi connectivity index (χ4n) is 6.94. The quantitative estimate of drug-likeness (QED) is 0.127. The van der Waals surface area contributed by atoms with Gasteiger partial charge in [-0.3, -0.25) is 4.98 Å². The van der Waals surface area contributed by atoms with Crippen molar-refractivity contribution in [3.8, 4) is 39.5 Å². The standard InChI is InChI=1S/C35H26FN2S.C14H16NSi.Ir/c1-35(2,3)23-16-20-25(21-17-23)38-30-12-5-4-11-29(30)37-34(38)28-10-6-9-27-32-26(22-14-18-24(36)19-15-22)8-7-13-31(32)39-33(27)28;1-16(2,3)13-9-10-14(15-11-13)12-7-5-4-6-8-12;/h4-9,11-21H,1-3H3;4-7,9-11H,1-3H3;/q2*-1;. The molecule has 0 N–H and O–H groups in total.